The molecule has 0 unspecified atom stereocenters. The van der Waals surface area contributed by atoms with Crippen LogP contribution in [0.2, 0.25) is 0 Å². The molecule has 1 heteroatoms. The summed E-state index contributed by atoms with van der Waals surface area (Å²) in [6, 6.07) is 1.94. The average molecular weight is 109 g/mol. The molecule has 0 fully saturated rings. The minimum atomic E-state index is 0.666. The van der Waals surface area contributed by atoms with Crippen LogP contribution in [-0.4, -0.2) is 0 Å². The molecule has 44 valence electrons. The third-order valence-electron chi connectivity index (χ3n) is 0.800. The Morgan fingerprint density at radius 2 is 2.25 bits per heavy atom. The van der Waals surface area contributed by atoms with E-state index in [1.54, 1.807) is 0 Å². The maximum atomic E-state index is 8.04. The van der Waals surface area contributed by atoms with E-state index in [2.05, 4.69) is 13.8 Å². The largest absolute Gasteiger partial charge is 0.193 e. The van der Waals surface area contributed by atoms with Gasteiger partial charge in [0.15, 0.2) is 0 Å². The fourth-order valence-electron chi connectivity index (χ4n) is 0.393. The molecule has 0 N–H and O–H groups in total. The minimum absolute atomic E-state index is 0.666. The van der Waals surface area contributed by atoms with Gasteiger partial charge in [-0.05, 0) is 12.3 Å². The molecule has 1 nitrogen and oxygen atoms in total. The molecule has 0 bridgehead atoms. The highest BCUT2D eigenvalue weighted by atomic mass is 14.2. The van der Waals surface area contributed by atoms with E-state index in [1.165, 1.54) is 6.08 Å². The Bertz CT molecular complexity index is 106. The van der Waals surface area contributed by atoms with E-state index in [0.717, 1.165) is 6.42 Å². The van der Waals surface area contributed by atoms with Crippen LogP contribution in [-0.2, 0) is 0 Å². The summed E-state index contributed by atoms with van der Waals surface area (Å²) in [7, 11) is 0. The number of rotatable bonds is 2. The highest BCUT2D eigenvalue weighted by Crippen LogP contribution is 1.98. The van der Waals surface area contributed by atoms with Crippen molar-refractivity contribution in [3.63, 3.8) is 0 Å². The zero-order valence-electron chi connectivity index (χ0n) is 5.39. The van der Waals surface area contributed by atoms with Crippen LogP contribution in [0.4, 0.5) is 0 Å². The molecule has 0 aliphatic carbocycles. The van der Waals surface area contributed by atoms with Crippen LogP contribution in [0.25, 0.3) is 0 Å². The Hall–Kier alpha value is -0.770. The number of hydrogen-bond donors (Lipinski definition) is 0. The van der Waals surface area contributed by atoms with Crippen molar-refractivity contribution in [2.75, 3.05) is 0 Å². The first-order valence-corrected chi connectivity index (χ1v) is 2.82. The lowest BCUT2D eigenvalue weighted by Crippen LogP contribution is -1.80. The lowest BCUT2D eigenvalue weighted by Gasteiger charge is -1.93. The smallest absolute Gasteiger partial charge is 0.0908 e. The van der Waals surface area contributed by atoms with E-state index in [4.69, 9.17) is 5.26 Å². The van der Waals surface area contributed by atoms with Crippen molar-refractivity contribution in [3.8, 4) is 6.07 Å². The van der Waals surface area contributed by atoms with Gasteiger partial charge in [-0.15, -0.1) is 0 Å². The zero-order chi connectivity index (χ0) is 6.41. The highest BCUT2D eigenvalue weighted by Gasteiger charge is 1.84. The molecule has 0 spiro atoms. The van der Waals surface area contributed by atoms with Gasteiger partial charge in [-0.2, -0.15) is 5.26 Å². The third-order valence-corrected chi connectivity index (χ3v) is 0.800. The molecule has 0 aromatic heterocycles. The van der Waals surface area contributed by atoms with Crippen LogP contribution in [0.1, 0.15) is 20.3 Å². The summed E-state index contributed by atoms with van der Waals surface area (Å²) in [6.07, 6.45) is 4.43. The summed E-state index contributed by atoms with van der Waals surface area (Å²) in [5.74, 6) is 0.666. The van der Waals surface area contributed by atoms with Gasteiger partial charge in [0.2, 0.25) is 0 Å². The van der Waals surface area contributed by atoms with E-state index in [-0.39, 0.29) is 0 Å². The van der Waals surface area contributed by atoms with Crippen molar-refractivity contribution < 1.29 is 0 Å². The lowest BCUT2D eigenvalue weighted by atomic mass is 10.1. The summed E-state index contributed by atoms with van der Waals surface area (Å²) in [6.45, 7) is 4.25. The molecule has 0 saturated carbocycles. The zero-order valence-corrected chi connectivity index (χ0v) is 5.39. The van der Waals surface area contributed by atoms with Crippen LogP contribution in [0.5, 0.6) is 0 Å². The standard InChI is InChI=1S/C7H11N/c1-7(2)5-3-4-6-8/h3-4,7H,5H2,1-2H3. The van der Waals surface area contributed by atoms with Gasteiger partial charge in [0.1, 0.15) is 0 Å². The average Bonchev–Trinajstić information content (AvgIpc) is 1.66. The van der Waals surface area contributed by atoms with Crippen molar-refractivity contribution in [2.24, 2.45) is 5.92 Å². The Morgan fingerprint density at radius 3 is 2.62 bits per heavy atom. The predicted molar refractivity (Wildman–Crippen MR) is 34.2 cm³/mol. The number of nitrogens with zero attached hydrogens (tertiary/aromatic N) is 1. The quantitative estimate of drug-likeness (QED) is 0.498. The molecular weight excluding hydrogens is 98.1 g/mol. The van der Waals surface area contributed by atoms with Crippen LogP contribution < -0.4 is 0 Å². The first-order valence-electron chi connectivity index (χ1n) is 2.82. The molecule has 0 radical (unpaired) electrons. The summed E-state index contributed by atoms with van der Waals surface area (Å²) in [4.78, 5) is 0. The normalized spacial score (nSPS) is 10.2. The first-order chi connectivity index (χ1) is 3.77. The predicted octanol–water partition coefficient (Wildman–Crippen LogP) is 2.11. The van der Waals surface area contributed by atoms with Crippen LogP contribution in [0.15, 0.2) is 12.2 Å². The maximum absolute atomic E-state index is 8.04. The number of nitriles is 1. The molecule has 0 rings (SSSR count). The van der Waals surface area contributed by atoms with Crippen LogP contribution in [0, 0.1) is 17.2 Å². The minimum Gasteiger partial charge on any atom is -0.193 e. The number of hydrogen-bond acceptors (Lipinski definition) is 1. The molecule has 8 heavy (non-hydrogen) atoms. The molecule has 0 atom stereocenters. The summed E-state index contributed by atoms with van der Waals surface area (Å²) in [5, 5.41) is 8.04. The Balaban J connectivity index is 3.19. The van der Waals surface area contributed by atoms with Gasteiger partial charge in [-0.1, -0.05) is 19.9 Å². The maximum Gasteiger partial charge on any atom is 0.0908 e. The SMILES string of the molecule is CC(C)CC=CC#N. The molecule has 0 aromatic rings. The Kier molecular flexibility index (Phi) is 3.97. The second-order valence-corrected chi connectivity index (χ2v) is 2.16. The van der Waals surface area contributed by atoms with Crippen molar-refractivity contribution in [2.45, 2.75) is 20.3 Å². The van der Waals surface area contributed by atoms with E-state index in [9.17, 15) is 0 Å². The van der Waals surface area contributed by atoms with E-state index >= 15 is 0 Å². The second kappa shape index (κ2) is 4.39. The summed E-state index contributed by atoms with van der Waals surface area (Å²) < 4.78 is 0. The van der Waals surface area contributed by atoms with Crippen LogP contribution in [0.3, 0.4) is 0 Å². The Labute approximate surface area is 50.6 Å². The molecule has 0 aliphatic heterocycles. The monoisotopic (exact) mass is 109 g/mol. The van der Waals surface area contributed by atoms with Gasteiger partial charge in [0.05, 0.1) is 6.07 Å². The fraction of sp³-hybridized carbons (Fsp3) is 0.571. The number of allylic oxidation sites excluding steroid dienone is 2. The van der Waals surface area contributed by atoms with Crippen molar-refractivity contribution in [1.29, 1.82) is 5.26 Å². The topological polar surface area (TPSA) is 23.8 Å². The summed E-state index contributed by atoms with van der Waals surface area (Å²) >= 11 is 0. The van der Waals surface area contributed by atoms with Crippen LogP contribution >= 0.6 is 0 Å². The second-order valence-electron chi connectivity index (χ2n) is 2.16. The van der Waals surface area contributed by atoms with Gasteiger partial charge in [-0.25, -0.2) is 0 Å². The molecule has 0 saturated heterocycles. The van der Waals surface area contributed by atoms with E-state index < -0.39 is 0 Å². The highest BCUT2D eigenvalue weighted by molar-refractivity contribution is 5.01. The third kappa shape index (κ3) is 5.23. The van der Waals surface area contributed by atoms with E-state index in [0.29, 0.717) is 5.92 Å². The van der Waals surface area contributed by atoms with Gasteiger partial charge < -0.3 is 0 Å². The van der Waals surface area contributed by atoms with Crippen molar-refractivity contribution >= 4 is 0 Å². The van der Waals surface area contributed by atoms with E-state index in [1.807, 2.05) is 12.1 Å². The fourth-order valence-corrected chi connectivity index (χ4v) is 0.393. The molecule has 0 aromatic carbocycles. The summed E-state index contributed by atoms with van der Waals surface area (Å²) in [5.41, 5.74) is 0. The van der Waals surface area contributed by atoms with Crippen molar-refractivity contribution in [1.82, 2.24) is 0 Å². The molecular formula is C7H11N. The molecule has 0 aliphatic rings. The lowest BCUT2D eigenvalue weighted by molar-refractivity contribution is 0.664. The Morgan fingerprint density at radius 1 is 1.62 bits per heavy atom. The van der Waals surface area contributed by atoms with Gasteiger partial charge >= 0.3 is 0 Å². The molecule has 0 heterocycles. The van der Waals surface area contributed by atoms with Gasteiger partial charge in [0, 0.05) is 6.08 Å². The first kappa shape index (κ1) is 7.23. The van der Waals surface area contributed by atoms with Gasteiger partial charge in [-0.3, -0.25) is 0 Å². The van der Waals surface area contributed by atoms with Crippen molar-refractivity contribution in [3.05, 3.63) is 12.2 Å². The van der Waals surface area contributed by atoms with Gasteiger partial charge in [0.25, 0.3) is 0 Å². The molecule has 0 amide bonds.